The molecule has 1 amide bonds. The van der Waals surface area contributed by atoms with Crippen molar-refractivity contribution in [1.29, 1.82) is 0 Å². The summed E-state index contributed by atoms with van der Waals surface area (Å²) in [5, 5.41) is 12.1. The third-order valence-corrected chi connectivity index (χ3v) is 2.55. The number of carbonyl (C=O) groups excluding carboxylic acids is 1. The van der Waals surface area contributed by atoms with Gasteiger partial charge in [-0.15, -0.1) is 0 Å². The molecule has 0 fully saturated rings. The predicted octanol–water partition coefficient (Wildman–Crippen LogP) is 1.92. The molecule has 0 aliphatic carbocycles. The predicted molar refractivity (Wildman–Crippen MR) is 71.4 cm³/mol. The Morgan fingerprint density at radius 1 is 1.44 bits per heavy atom. The van der Waals surface area contributed by atoms with Crippen LogP contribution in [0.3, 0.4) is 0 Å². The molecule has 0 saturated carbocycles. The minimum Gasteiger partial charge on any atom is -0.394 e. The van der Waals surface area contributed by atoms with Crippen LogP contribution >= 0.6 is 0 Å². The zero-order valence-corrected chi connectivity index (χ0v) is 11.5. The van der Waals surface area contributed by atoms with Crippen LogP contribution in [0.5, 0.6) is 0 Å². The van der Waals surface area contributed by atoms with E-state index in [1.54, 1.807) is 12.3 Å². The molecule has 0 aromatic carbocycles. The van der Waals surface area contributed by atoms with Crippen molar-refractivity contribution in [3.8, 4) is 0 Å². The van der Waals surface area contributed by atoms with E-state index in [4.69, 9.17) is 0 Å². The number of aliphatic hydroxyl groups is 1. The second-order valence-corrected chi connectivity index (χ2v) is 5.87. The number of rotatable bonds is 4. The summed E-state index contributed by atoms with van der Waals surface area (Å²) >= 11 is 0. The van der Waals surface area contributed by atoms with Crippen LogP contribution in [0.2, 0.25) is 0 Å². The zero-order chi connectivity index (χ0) is 13.8. The van der Waals surface area contributed by atoms with Crippen molar-refractivity contribution >= 4 is 5.91 Å². The number of pyridine rings is 1. The summed E-state index contributed by atoms with van der Waals surface area (Å²) in [6.07, 6.45) is 3.97. The molecular weight excluding hydrogens is 228 g/mol. The van der Waals surface area contributed by atoms with E-state index in [0.717, 1.165) is 12.0 Å². The van der Waals surface area contributed by atoms with Crippen molar-refractivity contribution in [3.63, 3.8) is 0 Å². The molecule has 18 heavy (non-hydrogen) atoms. The van der Waals surface area contributed by atoms with Crippen LogP contribution in [0.15, 0.2) is 18.5 Å². The molecule has 0 bridgehead atoms. The summed E-state index contributed by atoms with van der Waals surface area (Å²) in [5.41, 5.74) is 1.53. The molecule has 0 aliphatic heterocycles. The van der Waals surface area contributed by atoms with Crippen molar-refractivity contribution in [2.24, 2.45) is 5.41 Å². The first kappa shape index (κ1) is 14.6. The van der Waals surface area contributed by atoms with Crippen molar-refractivity contribution in [3.05, 3.63) is 29.6 Å². The molecular formula is C14H22N2O2. The smallest absolute Gasteiger partial charge is 0.253 e. The Hall–Kier alpha value is -1.42. The lowest BCUT2D eigenvalue weighted by Crippen LogP contribution is -2.40. The molecule has 100 valence electrons. The molecule has 4 nitrogen and oxygen atoms in total. The molecule has 0 saturated heterocycles. The van der Waals surface area contributed by atoms with Crippen LogP contribution in [0.4, 0.5) is 0 Å². The monoisotopic (exact) mass is 250 g/mol. The maximum absolute atomic E-state index is 12.0. The Bertz CT molecular complexity index is 411. The minimum absolute atomic E-state index is 0.0533. The van der Waals surface area contributed by atoms with Crippen molar-refractivity contribution < 1.29 is 9.90 Å². The van der Waals surface area contributed by atoms with Gasteiger partial charge in [-0.3, -0.25) is 9.78 Å². The van der Waals surface area contributed by atoms with Gasteiger partial charge in [0.15, 0.2) is 0 Å². The van der Waals surface area contributed by atoms with E-state index >= 15 is 0 Å². The Kier molecular flexibility index (Phi) is 4.84. The maximum atomic E-state index is 12.0. The molecule has 1 aromatic rings. The minimum atomic E-state index is -0.224. The fraction of sp³-hybridized carbons (Fsp3) is 0.571. The third-order valence-electron chi connectivity index (χ3n) is 2.55. The number of amides is 1. The van der Waals surface area contributed by atoms with Crippen LogP contribution in [0.1, 0.15) is 43.1 Å². The van der Waals surface area contributed by atoms with Gasteiger partial charge < -0.3 is 10.4 Å². The molecule has 4 heteroatoms. The highest BCUT2D eigenvalue weighted by Crippen LogP contribution is 2.20. The van der Waals surface area contributed by atoms with Gasteiger partial charge in [0.25, 0.3) is 5.91 Å². The van der Waals surface area contributed by atoms with Gasteiger partial charge in [0.05, 0.1) is 18.2 Å². The highest BCUT2D eigenvalue weighted by Gasteiger charge is 2.20. The molecule has 0 aliphatic rings. The van der Waals surface area contributed by atoms with Crippen molar-refractivity contribution in [2.45, 2.75) is 40.2 Å². The molecule has 2 N–H and O–H groups in total. The van der Waals surface area contributed by atoms with E-state index in [9.17, 15) is 9.90 Å². The number of hydrogen-bond donors (Lipinski definition) is 2. The first-order valence-electron chi connectivity index (χ1n) is 6.15. The summed E-state index contributed by atoms with van der Waals surface area (Å²) in [4.78, 5) is 16.0. The van der Waals surface area contributed by atoms with E-state index in [2.05, 4.69) is 31.1 Å². The molecule has 1 atom stereocenters. The van der Waals surface area contributed by atoms with Gasteiger partial charge in [-0.25, -0.2) is 0 Å². The van der Waals surface area contributed by atoms with Crippen LogP contribution in [0, 0.1) is 12.3 Å². The van der Waals surface area contributed by atoms with Crippen LogP contribution in [-0.4, -0.2) is 28.6 Å². The van der Waals surface area contributed by atoms with Crippen LogP contribution in [-0.2, 0) is 0 Å². The Balaban J connectivity index is 2.68. The first-order chi connectivity index (χ1) is 8.31. The number of carbonyl (C=O) groups is 1. The molecule has 0 unspecified atom stereocenters. The average molecular weight is 250 g/mol. The molecule has 1 heterocycles. The third kappa shape index (κ3) is 4.84. The molecule has 0 radical (unpaired) electrons. The van der Waals surface area contributed by atoms with Gasteiger partial charge in [0, 0.05) is 12.4 Å². The number of aromatic nitrogens is 1. The lowest BCUT2D eigenvalue weighted by molar-refractivity contribution is 0.0897. The van der Waals surface area contributed by atoms with E-state index in [1.165, 1.54) is 6.20 Å². The molecule has 1 rings (SSSR count). The fourth-order valence-electron chi connectivity index (χ4n) is 1.85. The summed E-state index contributed by atoms with van der Waals surface area (Å²) in [7, 11) is 0. The van der Waals surface area contributed by atoms with Crippen molar-refractivity contribution in [1.82, 2.24) is 10.3 Å². The normalized spacial score (nSPS) is 13.2. The second kappa shape index (κ2) is 5.96. The van der Waals surface area contributed by atoms with Gasteiger partial charge in [0.2, 0.25) is 0 Å². The quantitative estimate of drug-likeness (QED) is 0.858. The fourth-order valence-corrected chi connectivity index (χ4v) is 1.85. The highest BCUT2D eigenvalue weighted by molar-refractivity contribution is 5.94. The van der Waals surface area contributed by atoms with E-state index in [0.29, 0.717) is 5.56 Å². The summed E-state index contributed by atoms with van der Waals surface area (Å²) in [5.74, 6) is -0.186. The zero-order valence-electron chi connectivity index (χ0n) is 11.5. The van der Waals surface area contributed by atoms with Gasteiger partial charge in [-0.05, 0) is 30.4 Å². The van der Waals surface area contributed by atoms with Crippen molar-refractivity contribution in [2.75, 3.05) is 6.61 Å². The maximum Gasteiger partial charge on any atom is 0.253 e. The van der Waals surface area contributed by atoms with Crippen LogP contribution in [0.25, 0.3) is 0 Å². The average Bonchev–Trinajstić information content (AvgIpc) is 2.26. The summed E-state index contributed by atoms with van der Waals surface area (Å²) in [6.45, 7) is 8.08. The standard InChI is InChI=1S/C14H22N2O2/c1-10-5-11(8-15-7-10)13(18)16-12(9-17)6-14(2,3)4/h5,7-8,12,17H,6,9H2,1-4H3,(H,16,18)/t12-/m1/s1. The second-order valence-electron chi connectivity index (χ2n) is 5.87. The van der Waals surface area contributed by atoms with Crippen LogP contribution < -0.4 is 5.32 Å². The molecule has 1 aromatic heterocycles. The molecule has 0 spiro atoms. The summed E-state index contributed by atoms with van der Waals surface area (Å²) < 4.78 is 0. The summed E-state index contributed by atoms with van der Waals surface area (Å²) in [6, 6.07) is 1.56. The van der Waals surface area contributed by atoms with Gasteiger partial charge in [-0.1, -0.05) is 20.8 Å². The lowest BCUT2D eigenvalue weighted by Gasteiger charge is -2.25. The largest absolute Gasteiger partial charge is 0.394 e. The van der Waals surface area contributed by atoms with Gasteiger partial charge in [-0.2, -0.15) is 0 Å². The van der Waals surface area contributed by atoms with E-state index in [1.807, 2.05) is 6.92 Å². The highest BCUT2D eigenvalue weighted by atomic mass is 16.3. The number of aliphatic hydroxyl groups excluding tert-OH is 1. The first-order valence-corrected chi connectivity index (χ1v) is 6.15. The Morgan fingerprint density at radius 3 is 2.61 bits per heavy atom. The van der Waals surface area contributed by atoms with Gasteiger partial charge in [0.1, 0.15) is 0 Å². The topological polar surface area (TPSA) is 62.2 Å². The number of aryl methyl sites for hydroxylation is 1. The number of hydrogen-bond acceptors (Lipinski definition) is 3. The van der Waals surface area contributed by atoms with E-state index in [-0.39, 0.29) is 24.0 Å². The SMILES string of the molecule is Cc1cncc(C(=O)N[C@@H](CO)CC(C)(C)C)c1. The number of nitrogens with zero attached hydrogens (tertiary/aromatic N) is 1. The lowest BCUT2D eigenvalue weighted by atomic mass is 9.88. The van der Waals surface area contributed by atoms with Gasteiger partial charge >= 0.3 is 0 Å². The Labute approximate surface area is 108 Å². The van der Waals surface area contributed by atoms with E-state index < -0.39 is 0 Å². The number of nitrogens with one attached hydrogen (secondary N) is 1. The Morgan fingerprint density at radius 2 is 2.11 bits per heavy atom.